The van der Waals surface area contributed by atoms with Crippen molar-refractivity contribution in [3.63, 3.8) is 0 Å². The Hall–Kier alpha value is -2.04. The number of hydrogen-bond acceptors (Lipinski definition) is 3. The standard InChI is InChI=1S/C15H22N2O3/c1-5-7-13(18)16-17-15(19)12(4)20-14-10(2)8-6-9-11(14)3/h6,8-9,12H,5,7H2,1-4H3,(H,16,18)(H,17,19). The zero-order valence-corrected chi connectivity index (χ0v) is 12.4. The number of amides is 2. The van der Waals surface area contributed by atoms with Crippen LogP contribution in [0.25, 0.3) is 0 Å². The lowest BCUT2D eigenvalue weighted by molar-refractivity contribution is -0.132. The Labute approximate surface area is 119 Å². The Kier molecular flexibility index (Phi) is 6.03. The van der Waals surface area contributed by atoms with Crippen LogP contribution >= 0.6 is 0 Å². The van der Waals surface area contributed by atoms with Gasteiger partial charge >= 0.3 is 0 Å². The number of carbonyl (C=O) groups excluding carboxylic acids is 2. The van der Waals surface area contributed by atoms with E-state index >= 15 is 0 Å². The lowest BCUT2D eigenvalue weighted by atomic mass is 10.1. The highest BCUT2D eigenvalue weighted by Crippen LogP contribution is 2.23. The number of nitrogens with one attached hydrogen (secondary N) is 2. The summed E-state index contributed by atoms with van der Waals surface area (Å²) < 4.78 is 5.67. The van der Waals surface area contributed by atoms with Gasteiger partial charge in [0.1, 0.15) is 5.75 Å². The molecule has 0 bridgehead atoms. The van der Waals surface area contributed by atoms with E-state index in [1.165, 1.54) is 0 Å². The first kappa shape index (κ1) is 16.0. The van der Waals surface area contributed by atoms with E-state index < -0.39 is 6.10 Å². The number of ether oxygens (including phenoxy) is 1. The van der Waals surface area contributed by atoms with E-state index in [4.69, 9.17) is 4.74 Å². The summed E-state index contributed by atoms with van der Waals surface area (Å²) in [4.78, 5) is 23.1. The quantitative estimate of drug-likeness (QED) is 0.810. The van der Waals surface area contributed by atoms with Gasteiger partial charge in [0.05, 0.1) is 0 Å². The van der Waals surface area contributed by atoms with Crippen LogP contribution in [-0.4, -0.2) is 17.9 Å². The van der Waals surface area contributed by atoms with Crippen molar-refractivity contribution in [2.75, 3.05) is 0 Å². The number of carbonyl (C=O) groups is 2. The maximum absolute atomic E-state index is 11.8. The highest BCUT2D eigenvalue weighted by atomic mass is 16.5. The molecule has 1 aromatic carbocycles. The number of aryl methyl sites for hydroxylation is 2. The van der Waals surface area contributed by atoms with Crippen molar-refractivity contribution in [3.05, 3.63) is 29.3 Å². The number of hydrazine groups is 1. The number of para-hydroxylation sites is 1. The molecule has 1 aromatic rings. The van der Waals surface area contributed by atoms with Crippen molar-refractivity contribution in [1.29, 1.82) is 0 Å². The fraction of sp³-hybridized carbons (Fsp3) is 0.467. The predicted octanol–water partition coefficient (Wildman–Crippen LogP) is 2.02. The Morgan fingerprint density at radius 3 is 2.35 bits per heavy atom. The summed E-state index contributed by atoms with van der Waals surface area (Å²) in [7, 11) is 0. The summed E-state index contributed by atoms with van der Waals surface area (Å²) >= 11 is 0. The molecule has 0 saturated heterocycles. The summed E-state index contributed by atoms with van der Waals surface area (Å²) in [5.41, 5.74) is 6.67. The van der Waals surface area contributed by atoms with E-state index in [1.807, 2.05) is 39.0 Å². The molecule has 0 saturated carbocycles. The van der Waals surface area contributed by atoms with Gasteiger partial charge in [-0.3, -0.25) is 20.4 Å². The van der Waals surface area contributed by atoms with Crippen LogP contribution in [0.5, 0.6) is 5.75 Å². The van der Waals surface area contributed by atoms with E-state index in [9.17, 15) is 9.59 Å². The van der Waals surface area contributed by atoms with E-state index in [2.05, 4.69) is 10.9 Å². The molecule has 0 spiro atoms. The molecule has 0 aromatic heterocycles. The van der Waals surface area contributed by atoms with Gasteiger partial charge in [0.25, 0.3) is 5.91 Å². The second-order valence-corrected chi connectivity index (χ2v) is 4.77. The lowest BCUT2D eigenvalue weighted by Gasteiger charge is -2.18. The molecule has 0 aliphatic heterocycles. The highest BCUT2D eigenvalue weighted by molar-refractivity contribution is 5.84. The molecule has 0 radical (unpaired) electrons. The zero-order chi connectivity index (χ0) is 15.1. The molecule has 2 N–H and O–H groups in total. The van der Waals surface area contributed by atoms with Gasteiger partial charge in [-0.15, -0.1) is 0 Å². The van der Waals surface area contributed by atoms with Gasteiger partial charge in [0.15, 0.2) is 6.10 Å². The Bertz CT molecular complexity index is 466. The lowest BCUT2D eigenvalue weighted by Crippen LogP contribution is -2.47. The van der Waals surface area contributed by atoms with E-state index in [0.717, 1.165) is 17.5 Å². The normalized spacial score (nSPS) is 11.6. The second kappa shape index (κ2) is 7.53. The van der Waals surface area contributed by atoms with Crippen molar-refractivity contribution < 1.29 is 14.3 Å². The largest absolute Gasteiger partial charge is 0.480 e. The van der Waals surface area contributed by atoms with Crippen molar-refractivity contribution in [2.24, 2.45) is 0 Å². The van der Waals surface area contributed by atoms with Crippen LogP contribution in [0.4, 0.5) is 0 Å². The molecule has 1 atom stereocenters. The highest BCUT2D eigenvalue weighted by Gasteiger charge is 2.17. The summed E-state index contributed by atoms with van der Waals surface area (Å²) in [6.45, 7) is 7.40. The molecule has 20 heavy (non-hydrogen) atoms. The van der Waals surface area contributed by atoms with Crippen LogP contribution < -0.4 is 15.6 Å². The predicted molar refractivity (Wildman–Crippen MR) is 77.2 cm³/mol. The van der Waals surface area contributed by atoms with Crippen LogP contribution in [0.1, 0.15) is 37.8 Å². The van der Waals surface area contributed by atoms with Crippen molar-refractivity contribution in [2.45, 2.75) is 46.6 Å². The topological polar surface area (TPSA) is 67.4 Å². The summed E-state index contributed by atoms with van der Waals surface area (Å²) in [5, 5.41) is 0. The molecule has 5 nitrogen and oxygen atoms in total. The molecule has 0 fully saturated rings. The molecule has 1 unspecified atom stereocenters. The number of benzene rings is 1. The average molecular weight is 278 g/mol. The van der Waals surface area contributed by atoms with Crippen LogP contribution in [0.3, 0.4) is 0 Å². The maximum Gasteiger partial charge on any atom is 0.279 e. The van der Waals surface area contributed by atoms with Crippen LogP contribution in [0.15, 0.2) is 18.2 Å². The molecule has 2 amide bonds. The molecule has 0 heterocycles. The van der Waals surface area contributed by atoms with Gasteiger partial charge in [0.2, 0.25) is 5.91 Å². The van der Waals surface area contributed by atoms with Crippen molar-refractivity contribution >= 4 is 11.8 Å². The summed E-state index contributed by atoms with van der Waals surface area (Å²) in [5.74, 6) is 0.118. The molecule has 0 aliphatic carbocycles. The third-order valence-electron chi connectivity index (χ3n) is 2.87. The molecule has 5 heteroatoms. The average Bonchev–Trinajstić information content (AvgIpc) is 2.40. The van der Waals surface area contributed by atoms with Gasteiger partial charge in [-0.25, -0.2) is 0 Å². The van der Waals surface area contributed by atoms with Crippen LogP contribution in [0, 0.1) is 13.8 Å². The first-order chi connectivity index (χ1) is 9.45. The van der Waals surface area contributed by atoms with Gasteiger partial charge in [-0.1, -0.05) is 25.1 Å². The molecule has 0 aliphatic rings. The molecule has 110 valence electrons. The summed E-state index contributed by atoms with van der Waals surface area (Å²) in [6.07, 6.45) is 0.430. The second-order valence-electron chi connectivity index (χ2n) is 4.77. The minimum absolute atomic E-state index is 0.208. The van der Waals surface area contributed by atoms with Gasteiger partial charge in [-0.05, 0) is 38.3 Å². The van der Waals surface area contributed by atoms with Gasteiger partial charge in [-0.2, -0.15) is 0 Å². The molecular weight excluding hydrogens is 256 g/mol. The zero-order valence-electron chi connectivity index (χ0n) is 12.4. The van der Waals surface area contributed by atoms with Gasteiger partial charge < -0.3 is 4.74 Å². The first-order valence-corrected chi connectivity index (χ1v) is 6.77. The van der Waals surface area contributed by atoms with Crippen molar-refractivity contribution in [1.82, 2.24) is 10.9 Å². The van der Waals surface area contributed by atoms with Gasteiger partial charge in [0, 0.05) is 6.42 Å². The maximum atomic E-state index is 11.8. The van der Waals surface area contributed by atoms with E-state index in [1.54, 1.807) is 6.92 Å². The first-order valence-electron chi connectivity index (χ1n) is 6.77. The van der Waals surface area contributed by atoms with E-state index in [0.29, 0.717) is 12.2 Å². The number of rotatable bonds is 5. The molecule has 1 rings (SSSR count). The number of hydrogen-bond donors (Lipinski definition) is 2. The van der Waals surface area contributed by atoms with Crippen LogP contribution in [-0.2, 0) is 9.59 Å². The monoisotopic (exact) mass is 278 g/mol. The molecular formula is C15H22N2O3. The minimum atomic E-state index is -0.684. The Balaban J connectivity index is 2.56. The SMILES string of the molecule is CCCC(=O)NNC(=O)C(C)Oc1c(C)cccc1C. The smallest absolute Gasteiger partial charge is 0.279 e. The fourth-order valence-electron chi connectivity index (χ4n) is 1.74. The van der Waals surface area contributed by atoms with E-state index in [-0.39, 0.29) is 11.8 Å². The van der Waals surface area contributed by atoms with Crippen molar-refractivity contribution in [3.8, 4) is 5.75 Å². The minimum Gasteiger partial charge on any atom is -0.480 e. The third kappa shape index (κ3) is 4.57. The fourth-order valence-corrected chi connectivity index (χ4v) is 1.74. The van der Waals surface area contributed by atoms with Crippen LogP contribution in [0.2, 0.25) is 0 Å². The Morgan fingerprint density at radius 2 is 1.80 bits per heavy atom. The summed E-state index contributed by atoms with van der Waals surface area (Å²) in [6, 6.07) is 5.79. The Morgan fingerprint density at radius 1 is 1.20 bits per heavy atom. The third-order valence-corrected chi connectivity index (χ3v) is 2.87.